The van der Waals surface area contributed by atoms with Crippen molar-refractivity contribution in [2.24, 2.45) is 17.8 Å². The van der Waals surface area contributed by atoms with Crippen LogP contribution in [0.5, 0.6) is 0 Å². The van der Waals surface area contributed by atoms with Gasteiger partial charge in [-0.15, -0.1) is 0 Å². The van der Waals surface area contributed by atoms with Crippen LogP contribution in [0, 0.1) is 17.8 Å². The standard InChI is InChI=1S/C57H113NO5/c1-8-12-16-26-38-53(39-27-17-13-9-2)42-34-36-48-61-56(59)46-32-24-20-22-30-44-55(63-51-52(5)50-58(6)7)45-31-23-21-25-33-47-57(60)62-49-37-35-43-54(40-28-18-14-10-3)41-29-19-15-11-4/h52-55H,8-51H2,1-7H3. The zero-order chi connectivity index (χ0) is 46.3. The normalized spacial score (nSPS) is 12.4. The van der Waals surface area contributed by atoms with Gasteiger partial charge in [-0.3, -0.25) is 9.59 Å². The molecule has 0 aromatic heterocycles. The lowest BCUT2D eigenvalue weighted by atomic mass is 9.90. The number of hydrogen-bond acceptors (Lipinski definition) is 6. The molecule has 0 aliphatic carbocycles. The Labute approximate surface area is 395 Å². The van der Waals surface area contributed by atoms with E-state index in [9.17, 15) is 9.59 Å². The Morgan fingerprint density at radius 1 is 0.397 bits per heavy atom. The highest BCUT2D eigenvalue weighted by Crippen LogP contribution is 2.25. The number of hydrogen-bond donors (Lipinski definition) is 0. The third-order valence-corrected chi connectivity index (χ3v) is 13.5. The lowest BCUT2D eigenvalue weighted by Gasteiger charge is -2.22. The molecular formula is C57H113NO5. The van der Waals surface area contributed by atoms with E-state index in [1.807, 2.05) is 0 Å². The third kappa shape index (κ3) is 45.8. The van der Waals surface area contributed by atoms with Crippen LogP contribution < -0.4 is 0 Å². The van der Waals surface area contributed by atoms with Crippen molar-refractivity contribution in [3.8, 4) is 0 Å². The molecule has 0 aliphatic rings. The van der Waals surface area contributed by atoms with Gasteiger partial charge >= 0.3 is 11.9 Å². The zero-order valence-electron chi connectivity index (χ0n) is 43.9. The summed E-state index contributed by atoms with van der Waals surface area (Å²) >= 11 is 0. The minimum atomic E-state index is -0.00322. The van der Waals surface area contributed by atoms with E-state index in [1.54, 1.807) is 0 Å². The highest BCUT2D eigenvalue weighted by molar-refractivity contribution is 5.69. The summed E-state index contributed by atoms with van der Waals surface area (Å²) in [5.41, 5.74) is 0. The molecule has 0 aliphatic heterocycles. The van der Waals surface area contributed by atoms with Gasteiger partial charge in [-0.2, -0.15) is 0 Å². The van der Waals surface area contributed by atoms with E-state index in [0.717, 1.165) is 76.4 Å². The molecule has 0 spiro atoms. The predicted molar refractivity (Wildman–Crippen MR) is 274 cm³/mol. The van der Waals surface area contributed by atoms with Crippen molar-refractivity contribution >= 4 is 11.9 Å². The SMILES string of the molecule is CCCCCCC(CCCCCC)CCCCOC(=O)CCCCCCCC(CCCCCCCC(=O)OCCCCC(CCCCCC)CCCCCC)OCC(C)CN(C)C. The largest absolute Gasteiger partial charge is 0.466 e. The molecule has 6 nitrogen and oxygen atoms in total. The van der Waals surface area contributed by atoms with E-state index in [-0.39, 0.29) is 11.9 Å². The van der Waals surface area contributed by atoms with E-state index in [0.29, 0.717) is 38.1 Å². The lowest BCUT2D eigenvalue weighted by molar-refractivity contribution is -0.144. The highest BCUT2D eigenvalue weighted by Gasteiger charge is 2.14. The molecule has 1 unspecified atom stereocenters. The summed E-state index contributed by atoms with van der Waals surface area (Å²) < 4.78 is 17.8. The van der Waals surface area contributed by atoms with Crippen molar-refractivity contribution in [1.29, 1.82) is 0 Å². The summed E-state index contributed by atoms with van der Waals surface area (Å²) in [7, 11) is 4.28. The second-order valence-corrected chi connectivity index (χ2v) is 20.5. The Morgan fingerprint density at radius 3 is 1.05 bits per heavy atom. The van der Waals surface area contributed by atoms with Gasteiger partial charge in [0.1, 0.15) is 0 Å². The molecule has 0 saturated carbocycles. The van der Waals surface area contributed by atoms with Gasteiger partial charge in [-0.05, 0) is 83.2 Å². The predicted octanol–water partition coefficient (Wildman–Crippen LogP) is 17.6. The molecule has 0 aromatic rings. The summed E-state index contributed by atoms with van der Waals surface area (Å²) in [5, 5.41) is 0. The molecule has 1 atom stereocenters. The van der Waals surface area contributed by atoms with Crippen LogP contribution in [0.4, 0.5) is 0 Å². The zero-order valence-corrected chi connectivity index (χ0v) is 43.9. The number of unbranched alkanes of at least 4 members (excludes halogenated alkanes) is 22. The Morgan fingerprint density at radius 2 is 0.698 bits per heavy atom. The number of carbonyl (C=O) groups is 2. The fourth-order valence-electron chi connectivity index (χ4n) is 9.52. The van der Waals surface area contributed by atoms with Gasteiger partial charge in [0, 0.05) is 19.4 Å². The first-order valence-electron chi connectivity index (χ1n) is 28.3. The van der Waals surface area contributed by atoms with E-state index >= 15 is 0 Å². The van der Waals surface area contributed by atoms with Gasteiger partial charge in [0.05, 0.1) is 25.9 Å². The molecule has 0 bridgehead atoms. The fourth-order valence-corrected chi connectivity index (χ4v) is 9.52. The number of ether oxygens (including phenoxy) is 3. The molecule has 0 aromatic carbocycles. The Bertz CT molecular complexity index is 853. The lowest BCUT2D eigenvalue weighted by Crippen LogP contribution is -2.25. The molecule has 0 fully saturated rings. The summed E-state index contributed by atoms with van der Waals surface area (Å²) in [5.74, 6) is 2.24. The van der Waals surface area contributed by atoms with Crippen LogP contribution in [0.25, 0.3) is 0 Å². The van der Waals surface area contributed by atoms with Crippen molar-refractivity contribution < 1.29 is 23.8 Å². The molecule has 0 saturated heterocycles. The van der Waals surface area contributed by atoms with Gasteiger partial charge in [0.15, 0.2) is 0 Å². The van der Waals surface area contributed by atoms with Crippen LogP contribution in [0.15, 0.2) is 0 Å². The summed E-state index contributed by atoms with van der Waals surface area (Å²) in [6.45, 7) is 14.5. The average molecular weight is 893 g/mol. The molecule has 0 rings (SSSR count). The van der Waals surface area contributed by atoms with Crippen molar-refractivity contribution in [2.75, 3.05) is 40.5 Å². The molecule has 0 radical (unpaired) electrons. The van der Waals surface area contributed by atoms with Crippen LogP contribution in [-0.4, -0.2) is 63.4 Å². The second kappa shape index (κ2) is 48.8. The van der Waals surface area contributed by atoms with E-state index in [1.165, 1.54) is 193 Å². The van der Waals surface area contributed by atoms with Crippen molar-refractivity contribution in [3.05, 3.63) is 0 Å². The molecule has 376 valence electrons. The topological polar surface area (TPSA) is 65.1 Å². The van der Waals surface area contributed by atoms with E-state index < -0.39 is 0 Å². The Kier molecular flexibility index (Phi) is 47.9. The molecule has 6 heteroatoms. The minimum absolute atomic E-state index is 0.00322. The highest BCUT2D eigenvalue weighted by atomic mass is 16.5. The molecule has 63 heavy (non-hydrogen) atoms. The maximum Gasteiger partial charge on any atom is 0.305 e. The first-order valence-corrected chi connectivity index (χ1v) is 28.3. The van der Waals surface area contributed by atoms with Gasteiger partial charge in [-0.1, -0.05) is 227 Å². The number of carbonyl (C=O) groups excluding carboxylic acids is 2. The third-order valence-electron chi connectivity index (χ3n) is 13.5. The first-order chi connectivity index (χ1) is 30.7. The number of esters is 2. The van der Waals surface area contributed by atoms with Gasteiger partial charge in [0.2, 0.25) is 0 Å². The molecule has 0 N–H and O–H groups in total. The second-order valence-electron chi connectivity index (χ2n) is 20.5. The average Bonchev–Trinajstić information content (AvgIpc) is 3.26. The number of rotatable bonds is 51. The number of nitrogens with zero attached hydrogens (tertiary/aromatic N) is 1. The maximum atomic E-state index is 12.4. The Hall–Kier alpha value is -1.14. The van der Waals surface area contributed by atoms with Gasteiger partial charge in [-0.25, -0.2) is 0 Å². The van der Waals surface area contributed by atoms with Crippen molar-refractivity contribution in [1.82, 2.24) is 4.90 Å². The van der Waals surface area contributed by atoms with E-state index in [2.05, 4.69) is 53.6 Å². The molecule has 0 amide bonds. The maximum absolute atomic E-state index is 12.4. The van der Waals surface area contributed by atoms with Gasteiger partial charge < -0.3 is 19.1 Å². The molecular weight excluding hydrogens is 779 g/mol. The van der Waals surface area contributed by atoms with Crippen LogP contribution in [0.3, 0.4) is 0 Å². The molecule has 0 heterocycles. The minimum Gasteiger partial charge on any atom is -0.466 e. The quantitative estimate of drug-likeness (QED) is 0.0448. The van der Waals surface area contributed by atoms with Crippen LogP contribution >= 0.6 is 0 Å². The van der Waals surface area contributed by atoms with Crippen LogP contribution in [0.1, 0.15) is 291 Å². The monoisotopic (exact) mass is 892 g/mol. The van der Waals surface area contributed by atoms with Crippen molar-refractivity contribution in [3.63, 3.8) is 0 Å². The summed E-state index contributed by atoms with van der Waals surface area (Å²) in [6.07, 6.45) is 49.3. The van der Waals surface area contributed by atoms with Crippen LogP contribution in [0.2, 0.25) is 0 Å². The van der Waals surface area contributed by atoms with E-state index in [4.69, 9.17) is 14.2 Å². The fraction of sp³-hybridized carbons (Fsp3) is 0.965. The van der Waals surface area contributed by atoms with Crippen molar-refractivity contribution in [2.45, 2.75) is 298 Å². The first kappa shape index (κ1) is 61.9. The Balaban J connectivity index is 4.23. The summed E-state index contributed by atoms with van der Waals surface area (Å²) in [4.78, 5) is 27.1. The smallest absolute Gasteiger partial charge is 0.305 e. The summed E-state index contributed by atoms with van der Waals surface area (Å²) in [6, 6.07) is 0. The van der Waals surface area contributed by atoms with Gasteiger partial charge in [0.25, 0.3) is 0 Å². The van der Waals surface area contributed by atoms with Crippen LogP contribution in [-0.2, 0) is 23.8 Å².